The Labute approximate surface area is 221 Å². The summed E-state index contributed by atoms with van der Waals surface area (Å²) in [5.41, 5.74) is 20.0. The molecule has 12 nitrogen and oxygen atoms in total. The minimum Gasteiger partial charge on any atom is -0.346 e. The average molecular weight is 524 g/mol. The van der Waals surface area contributed by atoms with Crippen molar-refractivity contribution in [3.8, 4) is 0 Å². The van der Waals surface area contributed by atoms with Crippen molar-refractivity contribution in [1.29, 1.82) is 0 Å². The SMILES string of the molecule is CCc1nc(CC(NC(=O)C(N)CC(=O)N(CCN)CCN)C(=O)Nc2cnc3ccccc3c2)c(C)[nH]1. The molecule has 2 heterocycles. The first-order valence-corrected chi connectivity index (χ1v) is 12.7. The Kier molecular flexibility index (Phi) is 10.3. The summed E-state index contributed by atoms with van der Waals surface area (Å²) in [5, 5.41) is 6.41. The Hall–Kier alpha value is -3.87. The molecule has 0 bridgehead atoms. The number of aromatic amines is 1. The molecule has 0 aliphatic heterocycles. The number of hydrogen-bond acceptors (Lipinski definition) is 8. The number of carbonyl (C=O) groups excluding carboxylic acids is 3. The van der Waals surface area contributed by atoms with Crippen LogP contribution in [-0.4, -0.2) is 75.8 Å². The summed E-state index contributed by atoms with van der Waals surface area (Å²) in [4.78, 5) is 52.6. The van der Waals surface area contributed by atoms with E-state index in [1.165, 1.54) is 4.90 Å². The zero-order valence-corrected chi connectivity index (χ0v) is 21.9. The summed E-state index contributed by atoms with van der Waals surface area (Å²) >= 11 is 0. The van der Waals surface area contributed by atoms with Gasteiger partial charge in [0.1, 0.15) is 11.9 Å². The van der Waals surface area contributed by atoms with E-state index in [9.17, 15) is 14.4 Å². The summed E-state index contributed by atoms with van der Waals surface area (Å²) < 4.78 is 0. The third-order valence-electron chi connectivity index (χ3n) is 6.14. The van der Waals surface area contributed by atoms with Gasteiger partial charge in [0.2, 0.25) is 17.7 Å². The molecular formula is C26H37N9O3. The van der Waals surface area contributed by atoms with Crippen molar-refractivity contribution in [2.75, 3.05) is 31.5 Å². The third-order valence-corrected chi connectivity index (χ3v) is 6.14. The van der Waals surface area contributed by atoms with Crippen LogP contribution in [0.1, 0.15) is 30.6 Å². The van der Waals surface area contributed by atoms with E-state index >= 15 is 0 Å². The highest BCUT2D eigenvalue weighted by molar-refractivity contribution is 5.99. The van der Waals surface area contributed by atoms with Crippen LogP contribution >= 0.6 is 0 Å². The average Bonchev–Trinajstić information content (AvgIpc) is 3.26. The second kappa shape index (κ2) is 13.6. The van der Waals surface area contributed by atoms with Gasteiger partial charge in [0.15, 0.2) is 0 Å². The van der Waals surface area contributed by atoms with Gasteiger partial charge in [-0.15, -0.1) is 0 Å². The number of imidazole rings is 1. The number of amides is 3. The van der Waals surface area contributed by atoms with Gasteiger partial charge in [-0.2, -0.15) is 0 Å². The molecule has 1 aromatic carbocycles. The van der Waals surface area contributed by atoms with Crippen molar-refractivity contribution in [3.63, 3.8) is 0 Å². The van der Waals surface area contributed by atoms with Crippen molar-refractivity contribution >= 4 is 34.3 Å². The number of carbonyl (C=O) groups is 3. The molecule has 38 heavy (non-hydrogen) atoms. The lowest BCUT2D eigenvalue weighted by molar-refractivity contribution is -0.134. The highest BCUT2D eigenvalue weighted by atomic mass is 16.2. The standard InChI is InChI=1S/C26H37N9O3/c1-3-23-31-16(2)21(33-23)14-22(26(38)32-18-12-17-6-4-5-7-20(17)30-15-18)34-25(37)19(29)13-24(36)35(10-8-27)11-9-28/h4-7,12,15,19,22H,3,8-11,13-14,27-29H2,1-2H3,(H,31,33)(H,32,38)(H,34,37). The number of nitrogens with zero attached hydrogens (tertiary/aromatic N) is 3. The number of aryl methyl sites for hydroxylation is 2. The fraction of sp³-hybridized carbons (Fsp3) is 0.423. The molecular weight excluding hydrogens is 486 g/mol. The first-order chi connectivity index (χ1) is 18.2. The van der Waals surface area contributed by atoms with Gasteiger partial charge in [0, 0.05) is 50.1 Å². The number of rotatable bonds is 13. The molecule has 0 spiro atoms. The zero-order chi connectivity index (χ0) is 27.7. The van der Waals surface area contributed by atoms with Gasteiger partial charge in [-0.3, -0.25) is 19.4 Å². The largest absolute Gasteiger partial charge is 0.346 e. The maximum absolute atomic E-state index is 13.4. The summed E-state index contributed by atoms with van der Waals surface area (Å²) in [6.07, 6.45) is 2.15. The molecule has 0 saturated carbocycles. The second-order valence-corrected chi connectivity index (χ2v) is 9.05. The second-order valence-electron chi connectivity index (χ2n) is 9.05. The maximum Gasteiger partial charge on any atom is 0.247 e. The Balaban J connectivity index is 1.76. The van der Waals surface area contributed by atoms with Crippen LogP contribution < -0.4 is 27.8 Å². The predicted molar refractivity (Wildman–Crippen MR) is 146 cm³/mol. The van der Waals surface area contributed by atoms with Crippen LogP contribution in [0.4, 0.5) is 5.69 Å². The molecule has 0 radical (unpaired) electrons. The molecule has 3 aromatic rings. The molecule has 9 N–H and O–H groups in total. The van der Waals surface area contributed by atoms with Crippen molar-refractivity contribution in [1.82, 2.24) is 25.2 Å². The minimum atomic E-state index is -1.16. The fourth-order valence-electron chi connectivity index (χ4n) is 4.06. The third kappa shape index (κ3) is 7.57. The van der Waals surface area contributed by atoms with E-state index in [0.717, 1.165) is 22.4 Å². The fourth-order valence-corrected chi connectivity index (χ4v) is 4.06. The Morgan fingerprint density at radius 1 is 1.11 bits per heavy atom. The number of hydrogen-bond donors (Lipinski definition) is 6. The Morgan fingerprint density at radius 2 is 1.82 bits per heavy atom. The first kappa shape index (κ1) is 28.7. The number of nitrogens with one attached hydrogen (secondary N) is 3. The Bertz CT molecular complexity index is 1250. The molecule has 0 aliphatic carbocycles. The highest BCUT2D eigenvalue weighted by Gasteiger charge is 2.28. The van der Waals surface area contributed by atoms with Crippen LogP contribution in [0.2, 0.25) is 0 Å². The molecule has 0 aliphatic rings. The topological polar surface area (TPSA) is 198 Å². The molecule has 0 fully saturated rings. The zero-order valence-electron chi connectivity index (χ0n) is 21.9. The van der Waals surface area contributed by atoms with E-state index in [1.807, 2.05) is 44.2 Å². The number of benzene rings is 1. The molecule has 3 amide bonds. The minimum absolute atomic E-state index is 0.133. The van der Waals surface area contributed by atoms with Gasteiger partial charge >= 0.3 is 0 Å². The van der Waals surface area contributed by atoms with E-state index < -0.39 is 23.9 Å². The van der Waals surface area contributed by atoms with E-state index in [4.69, 9.17) is 17.2 Å². The molecule has 204 valence electrons. The number of aromatic nitrogens is 3. The monoisotopic (exact) mass is 523 g/mol. The number of pyridine rings is 1. The van der Waals surface area contributed by atoms with Crippen LogP contribution in [0.25, 0.3) is 10.9 Å². The van der Waals surface area contributed by atoms with Crippen LogP contribution in [-0.2, 0) is 27.2 Å². The number of nitrogens with two attached hydrogens (primary N) is 3. The van der Waals surface area contributed by atoms with Crippen LogP contribution in [0, 0.1) is 6.92 Å². The lowest BCUT2D eigenvalue weighted by Gasteiger charge is -2.24. The van der Waals surface area contributed by atoms with Crippen LogP contribution in [0.3, 0.4) is 0 Å². The van der Waals surface area contributed by atoms with E-state index in [-0.39, 0.29) is 31.8 Å². The summed E-state index contributed by atoms with van der Waals surface area (Å²) in [6, 6.07) is 7.19. The van der Waals surface area contributed by atoms with Gasteiger partial charge in [-0.25, -0.2) is 4.98 Å². The molecule has 2 unspecified atom stereocenters. The predicted octanol–water partition coefficient (Wildman–Crippen LogP) is -0.0419. The van der Waals surface area contributed by atoms with E-state index in [0.29, 0.717) is 30.9 Å². The summed E-state index contributed by atoms with van der Waals surface area (Å²) in [7, 11) is 0. The van der Waals surface area contributed by atoms with Crippen molar-refractivity contribution in [2.45, 2.75) is 45.2 Å². The van der Waals surface area contributed by atoms with Crippen LogP contribution in [0.5, 0.6) is 0 Å². The van der Waals surface area contributed by atoms with Gasteiger partial charge < -0.3 is 37.7 Å². The van der Waals surface area contributed by atoms with Crippen molar-refractivity contribution in [3.05, 3.63) is 53.7 Å². The lowest BCUT2D eigenvalue weighted by atomic mass is 10.1. The van der Waals surface area contributed by atoms with Crippen molar-refractivity contribution < 1.29 is 14.4 Å². The van der Waals surface area contributed by atoms with Gasteiger partial charge in [-0.1, -0.05) is 25.1 Å². The smallest absolute Gasteiger partial charge is 0.247 e. The van der Waals surface area contributed by atoms with Gasteiger partial charge in [-0.05, 0) is 19.1 Å². The van der Waals surface area contributed by atoms with E-state index in [1.54, 1.807) is 6.20 Å². The number of para-hydroxylation sites is 1. The molecule has 3 rings (SSSR count). The summed E-state index contributed by atoms with van der Waals surface area (Å²) in [6.45, 7) is 4.99. The summed E-state index contributed by atoms with van der Waals surface area (Å²) in [5.74, 6) is -0.631. The van der Waals surface area contributed by atoms with Crippen LogP contribution in [0.15, 0.2) is 36.5 Å². The maximum atomic E-state index is 13.4. The molecule has 0 saturated heterocycles. The molecule has 12 heteroatoms. The van der Waals surface area contributed by atoms with Crippen molar-refractivity contribution in [2.24, 2.45) is 17.2 Å². The molecule has 2 aromatic heterocycles. The lowest BCUT2D eigenvalue weighted by Crippen LogP contribution is -2.52. The Morgan fingerprint density at radius 3 is 2.47 bits per heavy atom. The van der Waals surface area contributed by atoms with Gasteiger partial charge in [0.05, 0.1) is 35.6 Å². The van der Waals surface area contributed by atoms with Gasteiger partial charge in [0.25, 0.3) is 0 Å². The quantitative estimate of drug-likeness (QED) is 0.179. The first-order valence-electron chi connectivity index (χ1n) is 12.7. The highest BCUT2D eigenvalue weighted by Crippen LogP contribution is 2.17. The number of fused-ring (bicyclic) bond motifs is 1. The normalized spacial score (nSPS) is 12.7. The van der Waals surface area contributed by atoms with E-state index in [2.05, 4.69) is 25.6 Å². The molecule has 2 atom stereocenters. The number of anilines is 1. The number of H-pyrrole nitrogens is 1.